The zero-order valence-electron chi connectivity index (χ0n) is 11.3. The number of fused-ring (bicyclic) bond motifs is 1. The molecule has 88 valence electrons. The first-order valence-electron chi connectivity index (χ1n) is 6.84. The third-order valence-corrected chi connectivity index (χ3v) is 4.72. The van der Waals surface area contributed by atoms with Gasteiger partial charge in [-0.15, -0.1) is 0 Å². The standard InChI is InChI=1S/C13H22.C2H6/c1-10-7-8-12-6-4-5-9-13(12,3)11(10)2;1-2/h8,10-11H,4-7,9H2,1-3H3;1-2H3. The third-order valence-electron chi connectivity index (χ3n) is 4.72. The normalized spacial score (nSPS) is 39.7. The maximum atomic E-state index is 2.55. The van der Waals surface area contributed by atoms with E-state index in [9.17, 15) is 0 Å². The molecule has 0 spiro atoms. The van der Waals surface area contributed by atoms with Crippen LogP contribution in [0.25, 0.3) is 0 Å². The van der Waals surface area contributed by atoms with Crippen LogP contribution in [0.1, 0.15) is 66.7 Å². The van der Waals surface area contributed by atoms with E-state index in [-0.39, 0.29) is 0 Å². The van der Waals surface area contributed by atoms with Gasteiger partial charge in [-0.05, 0) is 42.9 Å². The lowest BCUT2D eigenvalue weighted by Gasteiger charge is -2.47. The van der Waals surface area contributed by atoms with E-state index in [0.717, 1.165) is 11.8 Å². The second-order valence-corrected chi connectivity index (χ2v) is 5.36. The molecule has 0 aromatic heterocycles. The lowest BCUT2D eigenvalue weighted by Crippen LogP contribution is -2.36. The smallest absolute Gasteiger partial charge is 0.00881 e. The van der Waals surface area contributed by atoms with Gasteiger partial charge in [-0.3, -0.25) is 0 Å². The molecule has 0 aromatic rings. The van der Waals surface area contributed by atoms with Gasteiger partial charge in [-0.25, -0.2) is 0 Å². The van der Waals surface area contributed by atoms with E-state index in [1.54, 1.807) is 5.57 Å². The van der Waals surface area contributed by atoms with Crippen LogP contribution in [0.2, 0.25) is 0 Å². The highest BCUT2D eigenvalue weighted by molar-refractivity contribution is 5.20. The van der Waals surface area contributed by atoms with Crippen molar-refractivity contribution in [1.29, 1.82) is 0 Å². The summed E-state index contributed by atoms with van der Waals surface area (Å²) in [7, 11) is 0. The fourth-order valence-corrected chi connectivity index (χ4v) is 3.27. The minimum absolute atomic E-state index is 0.565. The van der Waals surface area contributed by atoms with Crippen molar-refractivity contribution >= 4 is 0 Å². The van der Waals surface area contributed by atoms with E-state index in [1.807, 2.05) is 13.8 Å². The summed E-state index contributed by atoms with van der Waals surface area (Å²) in [6.07, 6.45) is 9.57. The molecule has 0 heterocycles. The van der Waals surface area contributed by atoms with Gasteiger partial charge in [0, 0.05) is 0 Å². The fraction of sp³-hybridized carbons (Fsp3) is 0.867. The summed E-state index contributed by atoms with van der Waals surface area (Å²) >= 11 is 0. The zero-order valence-corrected chi connectivity index (χ0v) is 11.3. The van der Waals surface area contributed by atoms with Crippen LogP contribution in [0.5, 0.6) is 0 Å². The SMILES string of the molecule is CC.CC1CC=C2CCCCC2(C)C1C. The second-order valence-electron chi connectivity index (χ2n) is 5.36. The van der Waals surface area contributed by atoms with Gasteiger partial charge in [0.2, 0.25) is 0 Å². The molecule has 0 N–H and O–H groups in total. The van der Waals surface area contributed by atoms with Crippen molar-refractivity contribution in [3.05, 3.63) is 11.6 Å². The molecule has 3 unspecified atom stereocenters. The van der Waals surface area contributed by atoms with Crippen molar-refractivity contribution in [3.8, 4) is 0 Å². The maximum absolute atomic E-state index is 2.55. The molecule has 0 radical (unpaired) electrons. The maximum Gasteiger partial charge on any atom is -0.00881 e. The Morgan fingerprint density at radius 2 is 1.87 bits per heavy atom. The Morgan fingerprint density at radius 1 is 1.20 bits per heavy atom. The van der Waals surface area contributed by atoms with Crippen molar-refractivity contribution in [3.63, 3.8) is 0 Å². The van der Waals surface area contributed by atoms with E-state index < -0.39 is 0 Å². The first-order chi connectivity index (χ1) is 7.14. The van der Waals surface area contributed by atoms with Crippen molar-refractivity contribution in [2.75, 3.05) is 0 Å². The number of hydrogen-bond donors (Lipinski definition) is 0. The molecule has 0 heteroatoms. The summed E-state index contributed by atoms with van der Waals surface area (Å²) < 4.78 is 0. The Labute approximate surface area is 96.2 Å². The van der Waals surface area contributed by atoms with E-state index in [0.29, 0.717) is 5.41 Å². The largest absolute Gasteiger partial charge is 0.0845 e. The second kappa shape index (κ2) is 5.18. The Kier molecular flexibility index (Phi) is 4.43. The lowest BCUT2D eigenvalue weighted by atomic mass is 9.58. The third kappa shape index (κ3) is 2.29. The van der Waals surface area contributed by atoms with Gasteiger partial charge in [0.1, 0.15) is 0 Å². The van der Waals surface area contributed by atoms with Gasteiger partial charge in [-0.1, -0.05) is 52.7 Å². The lowest BCUT2D eigenvalue weighted by molar-refractivity contribution is 0.133. The van der Waals surface area contributed by atoms with E-state index in [2.05, 4.69) is 26.8 Å². The number of rotatable bonds is 0. The molecule has 0 bridgehead atoms. The first kappa shape index (κ1) is 12.8. The topological polar surface area (TPSA) is 0 Å². The van der Waals surface area contributed by atoms with Gasteiger partial charge in [0.05, 0.1) is 0 Å². The molecule has 2 aliphatic carbocycles. The van der Waals surface area contributed by atoms with Gasteiger partial charge < -0.3 is 0 Å². The highest BCUT2D eigenvalue weighted by Crippen LogP contribution is 2.52. The molecule has 2 rings (SSSR count). The summed E-state index contributed by atoms with van der Waals surface area (Å²) in [5, 5.41) is 0. The molecule has 0 aliphatic heterocycles. The van der Waals surface area contributed by atoms with Crippen LogP contribution in [0.15, 0.2) is 11.6 Å². The molecular formula is C15H28. The van der Waals surface area contributed by atoms with Crippen LogP contribution < -0.4 is 0 Å². The highest BCUT2D eigenvalue weighted by Gasteiger charge is 2.40. The van der Waals surface area contributed by atoms with Gasteiger partial charge >= 0.3 is 0 Å². The van der Waals surface area contributed by atoms with Crippen LogP contribution in [0.3, 0.4) is 0 Å². The van der Waals surface area contributed by atoms with Gasteiger partial charge in [0.15, 0.2) is 0 Å². The summed E-state index contributed by atoms with van der Waals surface area (Å²) in [5.74, 6) is 1.79. The van der Waals surface area contributed by atoms with Gasteiger partial charge in [-0.2, -0.15) is 0 Å². The average molecular weight is 208 g/mol. The molecule has 2 aliphatic rings. The fourth-order valence-electron chi connectivity index (χ4n) is 3.27. The highest BCUT2D eigenvalue weighted by atomic mass is 14.5. The summed E-state index contributed by atoms with van der Waals surface area (Å²) in [6, 6.07) is 0. The van der Waals surface area contributed by atoms with Crippen LogP contribution >= 0.6 is 0 Å². The minimum atomic E-state index is 0.565. The Morgan fingerprint density at radius 3 is 2.53 bits per heavy atom. The Hall–Kier alpha value is -0.260. The summed E-state index contributed by atoms with van der Waals surface area (Å²) in [6.45, 7) is 11.4. The van der Waals surface area contributed by atoms with Crippen LogP contribution in [0.4, 0.5) is 0 Å². The molecule has 0 saturated heterocycles. The van der Waals surface area contributed by atoms with E-state index in [1.165, 1.54) is 32.1 Å². The molecule has 0 aromatic carbocycles. The predicted molar refractivity (Wildman–Crippen MR) is 69.0 cm³/mol. The number of allylic oxidation sites excluding steroid dienone is 2. The summed E-state index contributed by atoms with van der Waals surface area (Å²) in [5.41, 5.74) is 2.35. The first-order valence-corrected chi connectivity index (χ1v) is 6.84. The number of hydrogen-bond acceptors (Lipinski definition) is 0. The minimum Gasteiger partial charge on any atom is -0.0845 e. The van der Waals surface area contributed by atoms with Crippen LogP contribution in [-0.2, 0) is 0 Å². The van der Waals surface area contributed by atoms with Crippen molar-refractivity contribution in [1.82, 2.24) is 0 Å². The average Bonchev–Trinajstić information content (AvgIpc) is 2.28. The van der Waals surface area contributed by atoms with E-state index >= 15 is 0 Å². The molecule has 0 amide bonds. The van der Waals surface area contributed by atoms with Crippen molar-refractivity contribution < 1.29 is 0 Å². The Balaban J connectivity index is 0.000000531. The quantitative estimate of drug-likeness (QED) is 0.480. The van der Waals surface area contributed by atoms with Crippen LogP contribution in [-0.4, -0.2) is 0 Å². The summed E-state index contributed by atoms with van der Waals surface area (Å²) in [4.78, 5) is 0. The monoisotopic (exact) mass is 208 g/mol. The zero-order chi connectivity index (χ0) is 11.5. The predicted octanol–water partition coefficient (Wildman–Crippen LogP) is 5.20. The Bertz CT molecular complexity index is 226. The van der Waals surface area contributed by atoms with Crippen LogP contribution in [0, 0.1) is 17.3 Å². The van der Waals surface area contributed by atoms with Crippen molar-refractivity contribution in [2.24, 2.45) is 17.3 Å². The molecule has 1 saturated carbocycles. The molecule has 1 fully saturated rings. The van der Waals surface area contributed by atoms with Gasteiger partial charge in [0.25, 0.3) is 0 Å². The molecule has 0 nitrogen and oxygen atoms in total. The molecular weight excluding hydrogens is 180 g/mol. The molecule has 15 heavy (non-hydrogen) atoms. The van der Waals surface area contributed by atoms with Crippen molar-refractivity contribution in [2.45, 2.75) is 66.7 Å². The van der Waals surface area contributed by atoms with E-state index in [4.69, 9.17) is 0 Å². The molecule has 3 atom stereocenters.